The lowest BCUT2D eigenvalue weighted by Gasteiger charge is -2.35. The summed E-state index contributed by atoms with van der Waals surface area (Å²) in [6, 6.07) is 0. The maximum Gasteiger partial charge on any atom is 0.0777 e. The summed E-state index contributed by atoms with van der Waals surface area (Å²) in [6.45, 7) is 7.24. The normalized spacial score (nSPS) is 32.6. The summed E-state index contributed by atoms with van der Waals surface area (Å²) in [5, 5.41) is 0. The lowest BCUT2D eigenvalue weighted by Crippen LogP contribution is -2.41. The molecule has 0 aromatic rings. The first-order chi connectivity index (χ1) is 6.59. The minimum absolute atomic E-state index is 0.0955. The SMILES string of the molecule is CCC(C)(CN)OC1CCCC(C)C1. The van der Waals surface area contributed by atoms with Crippen LogP contribution in [0, 0.1) is 5.92 Å². The van der Waals surface area contributed by atoms with Crippen LogP contribution < -0.4 is 5.73 Å². The lowest BCUT2D eigenvalue weighted by atomic mass is 9.88. The van der Waals surface area contributed by atoms with Gasteiger partial charge in [0.2, 0.25) is 0 Å². The minimum Gasteiger partial charge on any atom is -0.371 e. The molecule has 0 spiro atoms. The largest absolute Gasteiger partial charge is 0.371 e. The molecule has 0 aromatic carbocycles. The van der Waals surface area contributed by atoms with E-state index in [2.05, 4.69) is 20.8 Å². The molecule has 2 heteroatoms. The minimum atomic E-state index is -0.0955. The van der Waals surface area contributed by atoms with Crippen molar-refractivity contribution in [1.29, 1.82) is 0 Å². The highest BCUT2D eigenvalue weighted by Crippen LogP contribution is 2.29. The molecule has 1 aliphatic rings. The summed E-state index contributed by atoms with van der Waals surface area (Å²) < 4.78 is 6.12. The predicted octanol–water partition coefficient (Wildman–Crippen LogP) is 2.71. The highest BCUT2D eigenvalue weighted by Gasteiger charge is 2.28. The smallest absolute Gasteiger partial charge is 0.0777 e. The molecule has 0 aliphatic heterocycles. The van der Waals surface area contributed by atoms with Gasteiger partial charge in [-0.1, -0.05) is 26.7 Å². The number of hydrogen-bond donors (Lipinski definition) is 1. The predicted molar refractivity (Wildman–Crippen MR) is 60.3 cm³/mol. The van der Waals surface area contributed by atoms with Gasteiger partial charge in [-0.05, 0) is 32.1 Å². The molecule has 1 saturated carbocycles. The Morgan fingerprint density at radius 2 is 2.14 bits per heavy atom. The van der Waals surface area contributed by atoms with Gasteiger partial charge in [0, 0.05) is 6.54 Å². The fraction of sp³-hybridized carbons (Fsp3) is 1.00. The van der Waals surface area contributed by atoms with Crippen LogP contribution in [0.15, 0.2) is 0 Å². The molecule has 2 nitrogen and oxygen atoms in total. The second-order valence-corrected chi connectivity index (χ2v) is 5.02. The van der Waals surface area contributed by atoms with Gasteiger partial charge in [-0.15, -0.1) is 0 Å². The third-order valence-corrected chi connectivity index (χ3v) is 3.52. The number of nitrogens with two attached hydrogens (primary N) is 1. The van der Waals surface area contributed by atoms with Crippen molar-refractivity contribution in [2.45, 2.75) is 64.6 Å². The van der Waals surface area contributed by atoms with Gasteiger partial charge in [-0.25, -0.2) is 0 Å². The molecule has 0 heterocycles. The Kier molecular flexibility index (Phi) is 4.39. The molecule has 0 amide bonds. The molecule has 3 atom stereocenters. The third-order valence-electron chi connectivity index (χ3n) is 3.52. The summed E-state index contributed by atoms with van der Waals surface area (Å²) in [7, 11) is 0. The van der Waals surface area contributed by atoms with E-state index in [1.807, 2.05) is 0 Å². The topological polar surface area (TPSA) is 35.2 Å². The van der Waals surface area contributed by atoms with Gasteiger partial charge in [0.05, 0.1) is 11.7 Å². The van der Waals surface area contributed by atoms with Crippen molar-refractivity contribution in [1.82, 2.24) is 0 Å². The van der Waals surface area contributed by atoms with Gasteiger partial charge < -0.3 is 10.5 Å². The molecule has 0 aromatic heterocycles. The molecule has 84 valence electrons. The highest BCUT2D eigenvalue weighted by molar-refractivity contribution is 4.79. The zero-order valence-electron chi connectivity index (χ0n) is 9.88. The van der Waals surface area contributed by atoms with Crippen LogP contribution in [0.4, 0.5) is 0 Å². The van der Waals surface area contributed by atoms with E-state index in [0.29, 0.717) is 12.6 Å². The number of hydrogen-bond acceptors (Lipinski definition) is 2. The van der Waals surface area contributed by atoms with E-state index in [9.17, 15) is 0 Å². The van der Waals surface area contributed by atoms with Gasteiger partial charge in [-0.2, -0.15) is 0 Å². The zero-order chi connectivity index (χ0) is 10.6. The highest BCUT2D eigenvalue weighted by atomic mass is 16.5. The first kappa shape index (κ1) is 12.0. The fourth-order valence-corrected chi connectivity index (χ4v) is 2.16. The summed E-state index contributed by atoms with van der Waals surface area (Å²) in [5.74, 6) is 0.827. The van der Waals surface area contributed by atoms with E-state index in [1.165, 1.54) is 25.7 Å². The molecule has 1 fully saturated rings. The van der Waals surface area contributed by atoms with E-state index in [4.69, 9.17) is 10.5 Å². The maximum atomic E-state index is 6.12. The number of ether oxygens (including phenoxy) is 1. The average molecular weight is 199 g/mol. The van der Waals surface area contributed by atoms with E-state index < -0.39 is 0 Å². The summed E-state index contributed by atoms with van der Waals surface area (Å²) in [6.07, 6.45) is 6.58. The molecule has 3 unspecified atom stereocenters. The zero-order valence-corrected chi connectivity index (χ0v) is 9.88. The van der Waals surface area contributed by atoms with Gasteiger partial charge in [0.25, 0.3) is 0 Å². The molecule has 0 bridgehead atoms. The molecule has 0 saturated heterocycles. The van der Waals surface area contributed by atoms with Crippen LogP contribution in [0.25, 0.3) is 0 Å². The molecule has 2 N–H and O–H groups in total. The van der Waals surface area contributed by atoms with Crippen LogP contribution in [0.1, 0.15) is 52.9 Å². The van der Waals surface area contributed by atoms with Crippen molar-refractivity contribution in [2.75, 3.05) is 6.54 Å². The second-order valence-electron chi connectivity index (χ2n) is 5.02. The standard InChI is InChI=1S/C12H25NO/c1-4-12(3,9-13)14-11-7-5-6-10(2)8-11/h10-11H,4-9,13H2,1-3H3. The van der Waals surface area contributed by atoms with Gasteiger partial charge in [0.1, 0.15) is 0 Å². The monoisotopic (exact) mass is 199 g/mol. The molecule has 1 rings (SSSR count). The molecule has 0 radical (unpaired) electrons. The van der Waals surface area contributed by atoms with E-state index in [0.717, 1.165) is 12.3 Å². The van der Waals surface area contributed by atoms with Crippen LogP contribution >= 0.6 is 0 Å². The Balaban J connectivity index is 2.41. The van der Waals surface area contributed by atoms with Crippen LogP contribution in [-0.2, 0) is 4.74 Å². The molecule has 1 aliphatic carbocycles. The Morgan fingerprint density at radius 3 is 2.64 bits per heavy atom. The van der Waals surface area contributed by atoms with E-state index in [1.54, 1.807) is 0 Å². The molecule has 14 heavy (non-hydrogen) atoms. The number of rotatable bonds is 4. The van der Waals surface area contributed by atoms with Crippen LogP contribution in [-0.4, -0.2) is 18.2 Å². The Labute approximate surface area is 88.2 Å². The lowest BCUT2D eigenvalue weighted by molar-refractivity contribution is -0.0972. The quantitative estimate of drug-likeness (QED) is 0.755. The van der Waals surface area contributed by atoms with Crippen LogP contribution in [0.5, 0.6) is 0 Å². The van der Waals surface area contributed by atoms with Crippen molar-refractivity contribution in [2.24, 2.45) is 11.7 Å². The van der Waals surface area contributed by atoms with Crippen molar-refractivity contribution < 1.29 is 4.74 Å². The maximum absolute atomic E-state index is 6.12. The van der Waals surface area contributed by atoms with Gasteiger partial charge in [0.15, 0.2) is 0 Å². The Hall–Kier alpha value is -0.0800. The summed E-state index contributed by atoms with van der Waals surface area (Å²) in [4.78, 5) is 0. The van der Waals surface area contributed by atoms with Crippen molar-refractivity contribution in [3.8, 4) is 0 Å². The van der Waals surface area contributed by atoms with Gasteiger partial charge in [-0.3, -0.25) is 0 Å². The van der Waals surface area contributed by atoms with Crippen molar-refractivity contribution >= 4 is 0 Å². The second kappa shape index (κ2) is 5.13. The van der Waals surface area contributed by atoms with Gasteiger partial charge >= 0.3 is 0 Å². The summed E-state index contributed by atoms with van der Waals surface area (Å²) in [5.41, 5.74) is 5.65. The van der Waals surface area contributed by atoms with Crippen LogP contribution in [0.2, 0.25) is 0 Å². The van der Waals surface area contributed by atoms with E-state index in [-0.39, 0.29) is 5.60 Å². The van der Waals surface area contributed by atoms with Crippen molar-refractivity contribution in [3.05, 3.63) is 0 Å². The molecular weight excluding hydrogens is 174 g/mol. The van der Waals surface area contributed by atoms with Crippen LogP contribution in [0.3, 0.4) is 0 Å². The third kappa shape index (κ3) is 3.25. The Morgan fingerprint density at radius 1 is 1.43 bits per heavy atom. The van der Waals surface area contributed by atoms with E-state index >= 15 is 0 Å². The average Bonchev–Trinajstić information content (AvgIpc) is 2.18. The Bertz CT molecular complexity index is 166. The first-order valence-electron chi connectivity index (χ1n) is 5.97. The van der Waals surface area contributed by atoms with Crippen molar-refractivity contribution in [3.63, 3.8) is 0 Å². The fourth-order valence-electron chi connectivity index (χ4n) is 2.16. The first-order valence-corrected chi connectivity index (χ1v) is 5.97. The summed E-state index contributed by atoms with van der Waals surface area (Å²) >= 11 is 0. The molecular formula is C12H25NO.